The van der Waals surface area contributed by atoms with E-state index in [0.717, 1.165) is 24.2 Å². The first kappa shape index (κ1) is 29.2. The Labute approximate surface area is 238 Å². The molecule has 5 nitrogen and oxygen atoms in total. The minimum atomic E-state index is -3.63. The van der Waals surface area contributed by atoms with E-state index in [0.29, 0.717) is 23.0 Å². The molecule has 0 spiro atoms. The molecule has 0 fully saturated rings. The first-order valence-electron chi connectivity index (χ1n) is 13.6. The number of sulfone groups is 1. The van der Waals surface area contributed by atoms with Crippen molar-refractivity contribution in [2.75, 3.05) is 0 Å². The van der Waals surface area contributed by atoms with Gasteiger partial charge in [-0.05, 0) is 130 Å². The number of hydrogen-bond donors (Lipinski definition) is 0. The molecule has 0 N–H and O–H groups in total. The largest absolute Gasteiger partial charge is 0.488 e. The van der Waals surface area contributed by atoms with Crippen LogP contribution in [0.5, 0.6) is 28.7 Å². The molecule has 4 aromatic rings. The summed E-state index contributed by atoms with van der Waals surface area (Å²) >= 11 is 0. The second-order valence-electron chi connectivity index (χ2n) is 11.1. The van der Waals surface area contributed by atoms with Crippen molar-refractivity contribution in [2.45, 2.75) is 75.2 Å². The van der Waals surface area contributed by atoms with E-state index in [9.17, 15) is 8.42 Å². The lowest BCUT2D eigenvalue weighted by molar-refractivity contribution is 0.131. The lowest BCUT2D eigenvalue weighted by atomic mass is 9.78. The molecular formula is C34H38O5S. The molecule has 0 unspecified atom stereocenters. The maximum Gasteiger partial charge on any atom is 0.206 e. The molecule has 0 saturated heterocycles. The standard InChI is InChI=1S/C34H38O5S/c1-7-34(6,8-2)25-9-21-31(22-10-25)40(35,36)32-23-19-29(20-24-32)38-27-13-11-26(12-14-27)37-28-15-17-30(18-16-28)39-33(3,4)5/h9-24H,7-8H2,1-6H3. The van der Waals surface area contributed by atoms with Crippen molar-refractivity contribution in [3.8, 4) is 28.7 Å². The summed E-state index contributed by atoms with van der Waals surface area (Å²) in [6.07, 6.45) is 1.99. The van der Waals surface area contributed by atoms with Crippen LogP contribution in [0.4, 0.5) is 0 Å². The number of ether oxygens (including phenoxy) is 3. The van der Waals surface area contributed by atoms with Crippen LogP contribution in [0.1, 0.15) is 59.9 Å². The summed E-state index contributed by atoms with van der Waals surface area (Å²) in [6.45, 7) is 12.5. The molecule has 0 atom stereocenters. The van der Waals surface area contributed by atoms with Crippen molar-refractivity contribution in [1.29, 1.82) is 0 Å². The van der Waals surface area contributed by atoms with Gasteiger partial charge >= 0.3 is 0 Å². The predicted octanol–water partition coefficient (Wildman–Crippen LogP) is 9.36. The molecule has 0 aromatic heterocycles. The van der Waals surface area contributed by atoms with Crippen molar-refractivity contribution < 1.29 is 22.6 Å². The molecule has 0 aliphatic heterocycles. The van der Waals surface area contributed by atoms with Crippen molar-refractivity contribution in [2.24, 2.45) is 0 Å². The number of benzene rings is 4. The Hall–Kier alpha value is -3.77. The predicted molar refractivity (Wildman–Crippen MR) is 160 cm³/mol. The molecule has 4 rings (SSSR count). The van der Waals surface area contributed by atoms with Gasteiger partial charge in [0.1, 0.15) is 34.3 Å². The molecule has 210 valence electrons. The monoisotopic (exact) mass is 558 g/mol. The second kappa shape index (κ2) is 11.8. The van der Waals surface area contributed by atoms with Crippen LogP contribution in [-0.4, -0.2) is 14.0 Å². The summed E-state index contributed by atoms with van der Waals surface area (Å²) in [4.78, 5) is 0.510. The number of hydrogen-bond acceptors (Lipinski definition) is 5. The van der Waals surface area contributed by atoms with Crippen molar-refractivity contribution in [3.63, 3.8) is 0 Å². The molecule has 0 amide bonds. The van der Waals surface area contributed by atoms with Gasteiger partial charge in [0.2, 0.25) is 9.84 Å². The SMILES string of the molecule is CCC(C)(CC)c1ccc(S(=O)(=O)c2ccc(Oc3ccc(Oc4ccc(OC(C)(C)C)cc4)cc3)cc2)cc1. The molecule has 4 aromatic carbocycles. The van der Waals surface area contributed by atoms with Crippen LogP contribution in [-0.2, 0) is 15.3 Å². The Morgan fingerprint density at radius 2 is 0.850 bits per heavy atom. The summed E-state index contributed by atoms with van der Waals surface area (Å²) in [6, 6.07) is 28.5. The molecule has 0 saturated carbocycles. The van der Waals surface area contributed by atoms with Gasteiger partial charge in [0.25, 0.3) is 0 Å². The molecule has 0 bridgehead atoms. The Balaban J connectivity index is 1.39. The molecule has 0 aliphatic carbocycles. The maximum absolute atomic E-state index is 13.2. The summed E-state index contributed by atoms with van der Waals surface area (Å²) in [5.74, 6) is 3.31. The summed E-state index contributed by atoms with van der Waals surface area (Å²) in [5.41, 5.74) is 0.934. The number of rotatable bonds is 10. The van der Waals surface area contributed by atoms with Gasteiger partial charge in [-0.25, -0.2) is 8.42 Å². The van der Waals surface area contributed by atoms with Crippen LogP contribution < -0.4 is 14.2 Å². The van der Waals surface area contributed by atoms with E-state index in [1.165, 1.54) is 0 Å². The average molecular weight is 559 g/mol. The molecular weight excluding hydrogens is 520 g/mol. The van der Waals surface area contributed by atoms with Gasteiger partial charge in [-0.1, -0.05) is 32.9 Å². The third kappa shape index (κ3) is 7.05. The Morgan fingerprint density at radius 3 is 1.20 bits per heavy atom. The van der Waals surface area contributed by atoms with Gasteiger partial charge in [-0.15, -0.1) is 0 Å². The van der Waals surface area contributed by atoms with E-state index in [-0.39, 0.29) is 20.8 Å². The third-order valence-electron chi connectivity index (χ3n) is 7.10. The van der Waals surface area contributed by atoms with E-state index < -0.39 is 9.84 Å². The Kier molecular flexibility index (Phi) is 8.59. The van der Waals surface area contributed by atoms with Crippen LogP contribution >= 0.6 is 0 Å². The third-order valence-corrected chi connectivity index (χ3v) is 8.88. The first-order chi connectivity index (χ1) is 18.9. The highest BCUT2D eigenvalue weighted by Gasteiger charge is 2.24. The second-order valence-corrected chi connectivity index (χ2v) is 13.1. The van der Waals surface area contributed by atoms with E-state index in [1.807, 2.05) is 69.3 Å². The Bertz CT molecular complexity index is 1490. The minimum absolute atomic E-state index is 0.0402. The maximum atomic E-state index is 13.2. The topological polar surface area (TPSA) is 61.8 Å². The fourth-order valence-corrected chi connectivity index (χ4v) is 5.56. The molecule has 6 heteroatoms. The zero-order valence-corrected chi connectivity index (χ0v) is 24.9. The summed E-state index contributed by atoms with van der Waals surface area (Å²) < 4.78 is 44.1. The van der Waals surface area contributed by atoms with Gasteiger partial charge in [-0.3, -0.25) is 0 Å². The van der Waals surface area contributed by atoms with Crippen molar-refractivity contribution in [3.05, 3.63) is 103 Å². The van der Waals surface area contributed by atoms with Crippen molar-refractivity contribution >= 4 is 9.84 Å². The van der Waals surface area contributed by atoms with Gasteiger partial charge in [-0.2, -0.15) is 0 Å². The lowest BCUT2D eigenvalue weighted by Crippen LogP contribution is -2.22. The van der Waals surface area contributed by atoms with E-state index >= 15 is 0 Å². The molecule has 40 heavy (non-hydrogen) atoms. The van der Waals surface area contributed by atoms with Crippen LogP contribution in [0.25, 0.3) is 0 Å². The van der Waals surface area contributed by atoms with Gasteiger partial charge in [0.05, 0.1) is 9.79 Å². The Morgan fingerprint density at radius 1 is 0.525 bits per heavy atom. The quantitative estimate of drug-likeness (QED) is 0.194. The molecule has 0 radical (unpaired) electrons. The van der Waals surface area contributed by atoms with E-state index in [2.05, 4.69) is 20.8 Å². The van der Waals surface area contributed by atoms with Crippen LogP contribution in [0, 0.1) is 0 Å². The van der Waals surface area contributed by atoms with E-state index in [4.69, 9.17) is 14.2 Å². The average Bonchev–Trinajstić information content (AvgIpc) is 2.94. The minimum Gasteiger partial charge on any atom is -0.488 e. The smallest absolute Gasteiger partial charge is 0.206 e. The molecule has 0 heterocycles. The highest BCUT2D eigenvalue weighted by Crippen LogP contribution is 2.33. The summed E-state index contributed by atoms with van der Waals surface area (Å²) in [5, 5.41) is 0. The highest BCUT2D eigenvalue weighted by molar-refractivity contribution is 7.91. The van der Waals surface area contributed by atoms with Crippen molar-refractivity contribution in [1.82, 2.24) is 0 Å². The zero-order chi connectivity index (χ0) is 29.0. The zero-order valence-electron chi connectivity index (χ0n) is 24.1. The highest BCUT2D eigenvalue weighted by atomic mass is 32.2. The van der Waals surface area contributed by atoms with Crippen LogP contribution in [0.15, 0.2) is 107 Å². The normalized spacial score (nSPS) is 12.2. The van der Waals surface area contributed by atoms with Crippen LogP contribution in [0.3, 0.4) is 0 Å². The van der Waals surface area contributed by atoms with Gasteiger partial charge < -0.3 is 14.2 Å². The lowest BCUT2D eigenvalue weighted by Gasteiger charge is -2.27. The first-order valence-corrected chi connectivity index (χ1v) is 15.1. The fraction of sp³-hybridized carbons (Fsp3) is 0.294. The van der Waals surface area contributed by atoms with Crippen LogP contribution in [0.2, 0.25) is 0 Å². The summed E-state index contributed by atoms with van der Waals surface area (Å²) in [7, 11) is -3.63. The molecule has 0 aliphatic rings. The van der Waals surface area contributed by atoms with Gasteiger partial charge in [0.15, 0.2) is 0 Å². The van der Waals surface area contributed by atoms with E-state index in [1.54, 1.807) is 48.5 Å². The van der Waals surface area contributed by atoms with Gasteiger partial charge in [0, 0.05) is 0 Å². The fourth-order valence-electron chi connectivity index (χ4n) is 4.29.